The molecule has 0 saturated heterocycles. The van der Waals surface area contributed by atoms with Crippen molar-refractivity contribution >= 4 is 0 Å². The Hall–Kier alpha value is -0.720. The van der Waals surface area contributed by atoms with Gasteiger partial charge in [0.15, 0.2) is 0 Å². The van der Waals surface area contributed by atoms with Crippen molar-refractivity contribution in [2.45, 2.75) is 46.0 Å². The van der Waals surface area contributed by atoms with E-state index in [4.69, 9.17) is 0 Å². The van der Waals surface area contributed by atoms with Gasteiger partial charge in [0, 0.05) is 6.42 Å². The number of hydrogen-bond acceptors (Lipinski definition) is 1. The number of unbranched alkanes of at least 4 members (excludes halogenated alkanes) is 3. The van der Waals surface area contributed by atoms with Crippen LogP contribution in [0.3, 0.4) is 0 Å². The molecule has 12 heavy (non-hydrogen) atoms. The van der Waals surface area contributed by atoms with Gasteiger partial charge in [-0.25, -0.2) is 0 Å². The quantitative estimate of drug-likeness (QED) is 0.361. The topological polar surface area (TPSA) is 20.2 Å². The fraction of sp³-hybridized carbons (Fsp3) is 0.636. The van der Waals surface area contributed by atoms with Crippen LogP contribution in [0.15, 0.2) is 24.0 Å². The Bertz CT molecular complexity index is 156. The zero-order chi connectivity index (χ0) is 9.40. The molecule has 0 aromatic heterocycles. The van der Waals surface area contributed by atoms with Crippen molar-refractivity contribution < 1.29 is 5.11 Å². The molecule has 0 saturated carbocycles. The predicted octanol–water partition coefficient (Wildman–Crippen LogP) is 3.97. The molecule has 0 spiro atoms. The van der Waals surface area contributed by atoms with Crippen molar-refractivity contribution in [1.82, 2.24) is 0 Å². The summed E-state index contributed by atoms with van der Waals surface area (Å²) in [7, 11) is 0. The van der Waals surface area contributed by atoms with E-state index < -0.39 is 0 Å². The van der Waals surface area contributed by atoms with Gasteiger partial charge in [-0.3, -0.25) is 0 Å². The van der Waals surface area contributed by atoms with Crippen molar-refractivity contribution in [3.8, 4) is 0 Å². The van der Waals surface area contributed by atoms with E-state index in [1.165, 1.54) is 19.3 Å². The van der Waals surface area contributed by atoms with Gasteiger partial charge in [-0.05, 0) is 19.4 Å². The summed E-state index contributed by atoms with van der Waals surface area (Å²) >= 11 is 0. The first-order chi connectivity index (χ1) is 5.66. The molecular weight excluding hydrogens is 148 g/mol. The van der Waals surface area contributed by atoms with Crippen molar-refractivity contribution in [1.29, 1.82) is 0 Å². The molecule has 0 heterocycles. The monoisotopic (exact) mass is 168 g/mol. The largest absolute Gasteiger partial charge is 0.512 e. The van der Waals surface area contributed by atoms with E-state index in [9.17, 15) is 5.11 Å². The van der Waals surface area contributed by atoms with E-state index in [1.807, 2.05) is 6.92 Å². The van der Waals surface area contributed by atoms with E-state index in [2.05, 4.69) is 13.5 Å². The minimum Gasteiger partial charge on any atom is -0.512 e. The van der Waals surface area contributed by atoms with Crippen LogP contribution in [0.5, 0.6) is 0 Å². The van der Waals surface area contributed by atoms with Gasteiger partial charge in [0.25, 0.3) is 0 Å². The molecular formula is C11H20O. The van der Waals surface area contributed by atoms with Gasteiger partial charge < -0.3 is 5.11 Å². The lowest BCUT2D eigenvalue weighted by Gasteiger charge is -1.99. The summed E-state index contributed by atoms with van der Waals surface area (Å²) in [5.41, 5.74) is 0.919. The van der Waals surface area contributed by atoms with Crippen molar-refractivity contribution in [2.24, 2.45) is 0 Å². The lowest BCUT2D eigenvalue weighted by atomic mass is 10.1. The lowest BCUT2D eigenvalue weighted by molar-refractivity contribution is 0.380. The first-order valence-electron chi connectivity index (χ1n) is 4.72. The number of aliphatic hydroxyl groups is 1. The van der Waals surface area contributed by atoms with Gasteiger partial charge in [0.2, 0.25) is 0 Å². The minimum absolute atomic E-state index is 0.471. The molecule has 0 radical (unpaired) electrons. The summed E-state index contributed by atoms with van der Waals surface area (Å²) < 4.78 is 0. The normalized spacial score (nSPS) is 11.7. The molecule has 0 atom stereocenters. The molecule has 0 aromatic rings. The summed E-state index contributed by atoms with van der Waals surface area (Å²) in [6.07, 6.45) is 7.35. The smallest absolute Gasteiger partial charge is 0.0925 e. The summed E-state index contributed by atoms with van der Waals surface area (Å²) in [5.74, 6) is 0.471. The van der Waals surface area contributed by atoms with E-state index in [1.54, 1.807) is 6.08 Å². The Labute approximate surface area is 75.8 Å². The first-order valence-corrected chi connectivity index (χ1v) is 4.72. The molecule has 0 aromatic carbocycles. The van der Waals surface area contributed by atoms with Crippen LogP contribution in [0.2, 0.25) is 0 Å². The van der Waals surface area contributed by atoms with Crippen LogP contribution in [0.1, 0.15) is 46.0 Å². The third-order valence-corrected chi connectivity index (χ3v) is 1.70. The average molecular weight is 168 g/mol. The van der Waals surface area contributed by atoms with Crippen LogP contribution >= 0.6 is 0 Å². The van der Waals surface area contributed by atoms with Gasteiger partial charge in [-0.15, -0.1) is 0 Å². The molecule has 0 bridgehead atoms. The lowest BCUT2D eigenvalue weighted by Crippen LogP contribution is -1.83. The molecule has 0 aliphatic carbocycles. The molecule has 0 aliphatic rings. The summed E-state index contributed by atoms with van der Waals surface area (Å²) in [6.45, 7) is 7.78. The maximum absolute atomic E-state index is 9.32. The second-order valence-corrected chi connectivity index (χ2v) is 3.29. The zero-order valence-electron chi connectivity index (χ0n) is 8.27. The number of allylic oxidation sites excluding steroid dienone is 3. The minimum atomic E-state index is 0.471. The molecule has 1 nitrogen and oxygen atoms in total. The number of aliphatic hydroxyl groups excluding tert-OH is 1. The van der Waals surface area contributed by atoms with Crippen LogP contribution in [-0.2, 0) is 0 Å². The van der Waals surface area contributed by atoms with Gasteiger partial charge in [0.05, 0.1) is 5.76 Å². The molecule has 1 heteroatoms. The highest BCUT2D eigenvalue weighted by molar-refractivity contribution is 5.13. The van der Waals surface area contributed by atoms with Crippen LogP contribution in [0.25, 0.3) is 0 Å². The highest BCUT2D eigenvalue weighted by Crippen LogP contribution is 2.09. The molecule has 1 N–H and O–H groups in total. The Balaban J connectivity index is 3.43. The summed E-state index contributed by atoms with van der Waals surface area (Å²) in [5, 5.41) is 9.32. The standard InChI is InChI=1S/C11H20O/c1-4-5-6-7-8-11(12)9-10(2)3/h9,12H,2,4-8H2,1,3H3. The van der Waals surface area contributed by atoms with Gasteiger partial charge in [-0.2, -0.15) is 0 Å². The molecule has 0 aliphatic heterocycles. The Morgan fingerprint density at radius 2 is 2.00 bits per heavy atom. The Kier molecular flexibility index (Phi) is 6.54. The van der Waals surface area contributed by atoms with Crippen LogP contribution in [-0.4, -0.2) is 5.11 Å². The fourth-order valence-corrected chi connectivity index (χ4v) is 1.09. The number of rotatable bonds is 6. The molecule has 0 rings (SSSR count). The van der Waals surface area contributed by atoms with Gasteiger partial charge >= 0.3 is 0 Å². The van der Waals surface area contributed by atoms with Crippen molar-refractivity contribution in [3.05, 3.63) is 24.0 Å². The molecule has 70 valence electrons. The number of hydrogen-bond donors (Lipinski definition) is 1. The van der Waals surface area contributed by atoms with Crippen LogP contribution < -0.4 is 0 Å². The zero-order valence-corrected chi connectivity index (χ0v) is 8.27. The van der Waals surface area contributed by atoms with Crippen molar-refractivity contribution in [3.63, 3.8) is 0 Å². The van der Waals surface area contributed by atoms with Crippen molar-refractivity contribution in [2.75, 3.05) is 0 Å². The second-order valence-electron chi connectivity index (χ2n) is 3.29. The highest BCUT2D eigenvalue weighted by Gasteiger charge is 1.93. The maximum atomic E-state index is 9.32. The second kappa shape index (κ2) is 6.96. The Morgan fingerprint density at radius 1 is 1.33 bits per heavy atom. The highest BCUT2D eigenvalue weighted by atomic mass is 16.3. The molecule has 0 amide bonds. The first kappa shape index (κ1) is 11.3. The Morgan fingerprint density at radius 3 is 2.50 bits per heavy atom. The van der Waals surface area contributed by atoms with E-state index in [0.29, 0.717) is 5.76 Å². The molecule has 0 fully saturated rings. The van der Waals surface area contributed by atoms with Gasteiger partial charge in [-0.1, -0.05) is 38.3 Å². The summed E-state index contributed by atoms with van der Waals surface area (Å²) in [6, 6.07) is 0. The predicted molar refractivity (Wildman–Crippen MR) is 54.3 cm³/mol. The third-order valence-electron chi connectivity index (χ3n) is 1.70. The van der Waals surface area contributed by atoms with Gasteiger partial charge in [0.1, 0.15) is 0 Å². The molecule has 0 unspecified atom stereocenters. The fourth-order valence-electron chi connectivity index (χ4n) is 1.09. The van der Waals surface area contributed by atoms with E-state index >= 15 is 0 Å². The summed E-state index contributed by atoms with van der Waals surface area (Å²) in [4.78, 5) is 0. The van der Waals surface area contributed by atoms with Crippen LogP contribution in [0.4, 0.5) is 0 Å². The third kappa shape index (κ3) is 7.39. The maximum Gasteiger partial charge on any atom is 0.0925 e. The van der Waals surface area contributed by atoms with Crippen LogP contribution in [0, 0.1) is 0 Å². The average Bonchev–Trinajstić information content (AvgIpc) is 1.97. The van der Waals surface area contributed by atoms with E-state index in [0.717, 1.165) is 18.4 Å². The van der Waals surface area contributed by atoms with E-state index in [-0.39, 0.29) is 0 Å². The SMILES string of the molecule is C=C(C)C=C(O)CCCCCC.